The van der Waals surface area contributed by atoms with Crippen molar-refractivity contribution in [2.75, 3.05) is 47.5 Å². The van der Waals surface area contributed by atoms with Crippen LogP contribution < -0.4 is 4.89 Å². The van der Waals surface area contributed by atoms with Crippen molar-refractivity contribution in [3.63, 3.8) is 0 Å². The maximum absolute atomic E-state index is 12.9. The lowest BCUT2D eigenvalue weighted by Crippen LogP contribution is -2.37. The quantitative estimate of drug-likeness (QED) is 0.0195. The van der Waals surface area contributed by atoms with Gasteiger partial charge >= 0.3 is 11.9 Å². The molecule has 0 rings (SSSR count). The highest BCUT2D eigenvalue weighted by Crippen LogP contribution is 2.38. The second-order valence-corrected chi connectivity index (χ2v) is 25.9. The zero-order valence-corrected chi connectivity index (χ0v) is 56.7. The van der Waals surface area contributed by atoms with E-state index in [2.05, 4.69) is 123 Å². The average Bonchev–Trinajstić information content (AvgIpc) is 3.50. The minimum absolute atomic E-state index is 0.0337. The van der Waals surface area contributed by atoms with Gasteiger partial charge in [0, 0.05) is 12.8 Å². The molecule has 0 aliphatic carbocycles. The highest BCUT2D eigenvalue weighted by atomic mass is 31.2. The van der Waals surface area contributed by atoms with Crippen molar-refractivity contribution in [3.8, 4) is 0 Å². The van der Waals surface area contributed by atoms with Gasteiger partial charge in [0.25, 0.3) is 7.82 Å². The van der Waals surface area contributed by atoms with Gasteiger partial charge in [-0.05, 0) is 83.5 Å². The van der Waals surface area contributed by atoms with E-state index in [1.165, 1.54) is 167 Å². The molecule has 0 saturated heterocycles. The summed E-state index contributed by atoms with van der Waals surface area (Å²) >= 11 is 0. The van der Waals surface area contributed by atoms with Crippen LogP contribution in [0.15, 0.2) is 109 Å². The van der Waals surface area contributed by atoms with Crippen LogP contribution in [0.2, 0.25) is 0 Å². The van der Waals surface area contributed by atoms with Crippen LogP contribution in [0, 0.1) is 0 Å². The largest absolute Gasteiger partial charge is 0.756 e. The number of hydrogen-bond acceptors (Lipinski definition) is 8. The maximum atomic E-state index is 12.9. The van der Waals surface area contributed by atoms with Crippen LogP contribution >= 0.6 is 7.82 Å². The van der Waals surface area contributed by atoms with Gasteiger partial charge in [0.1, 0.15) is 19.8 Å². The zero-order valence-electron chi connectivity index (χ0n) is 55.8. The lowest BCUT2D eigenvalue weighted by atomic mass is 10.0. The Labute approximate surface area is 525 Å². The molecule has 0 fully saturated rings. The average molecular weight is 1210 g/mol. The molecule has 0 aromatic heterocycles. The van der Waals surface area contributed by atoms with Crippen molar-refractivity contribution in [3.05, 3.63) is 109 Å². The Kier molecular flexibility index (Phi) is 62.6. The summed E-state index contributed by atoms with van der Waals surface area (Å²) in [5.74, 6) is -0.828. The number of carbonyl (C=O) groups excluding carboxylic acids is 2. The van der Waals surface area contributed by atoms with Crippen LogP contribution in [0.1, 0.15) is 303 Å². The van der Waals surface area contributed by atoms with E-state index in [0.717, 1.165) is 103 Å². The second-order valence-electron chi connectivity index (χ2n) is 24.5. The number of phosphoric ester groups is 1. The normalized spacial score (nSPS) is 13.8. The molecule has 0 radical (unpaired) electrons. The van der Waals surface area contributed by atoms with E-state index < -0.39 is 26.5 Å². The zero-order chi connectivity index (χ0) is 61.9. The topological polar surface area (TPSA) is 111 Å². The first-order chi connectivity index (χ1) is 41.5. The molecule has 0 saturated carbocycles. The second kappa shape index (κ2) is 65.1. The van der Waals surface area contributed by atoms with Crippen molar-refractivity contribution in [1.82, 2.24) is 0 Å². The van der Waals surface area contributed by atoms with E-state index in [0.29, 0.717) is 17.4 Å². The van der Waals surface area contributed by atoms with E-state index in [1.54, 1.807) is 0 Å². The van der Waals surface area contributed by atoms with Gasteiger partial charge in [-0.15, -0.1) is 0 Å². The van der Waals surface area contributed by atoms with Gasteiger partial charge in [-0.2, -0.15) is 0 Å². The summed E-state index contributed by atoms with van der Waals surface area (Å²) in [6, 6.07) is 0. The number of allylic oxidation sites excluding steroid dienone is 18. The number of unbranched alkanes of at least 4 members (excludes halogenated alkanes) is 32. The van der Waals surface area contributed by atoms with Crippen LogP contribution in [0.25, 0.3) is 0 Å². The van der Waals surface area contributed by atoms with Crippen LogP contribution in [0.3, 0.4) is 0 Å². The molecular weight excluding hydrogens is 1070 g/mol. The lowest BCUT2D eigenvalue weighted by molar-refractivity contribution is -0.870. The molecule has 0 amide bonds. The molecule has 0 N–H and O–H groups in total. The minimum atomic E-state index is -4.65. The van der Waals surface area contributed by atoms with Crippen molar-refractivity contribution >= 4 is 19.8 Å². The smallest absolute Gasteiger partial charge is 0.306 e. The third-order valence-electron chi connectivity index (χ3n) is 15.1. The summed E-state index contributed by atoms with van der Waals surface area (Å²) < 4.78 is 34.3. The molecule has 0 heterocycles. The highest BCUT2D eigenvalue weighted by molar-refractivity contribution is 7.45. The Bertz CT molecular complexity index is 1800. The van der Waals surface area contributed by atoms with E-state index in [-0.39, 0.29) is 32.0 Å². The predicted octanol–water partition coefficient (Wildman–Crippen LogP) is 22.2. The number of rotatable bonds is 64. The number of ether oxygens (including phenoxy) is 2. The first-order valence-corrected chi connectivity index (χ1v) is 36.6. The number of carbonyl (C=O) groups is 2. The summed E-state index contributed by atoms with van der Waals surface area (Å²) in [6.45, 7) is 4.16. The Morgan fingerprint density at radius 2 is 0.671 bits per heavy atom. The van der Waals surface area contributed by atoms with E-state index >= 15 is 0 Å². The molecule has 0 spiro atoms. The predicted molar refractivity (Wildman–Crippen MR) is 365 cm³/mol. The van der Waals surface area contributed by atoms with Gasteiger partial charge in [-0.1, -0.05) is 316 Å². The van der Waals surface area contributed by atoms with E-state index in [9.17, 15) is 19.0 Å². The fraction of sp³-hybridized carbons (Fsp3) is 0.733. The van der Waals surface area contributed by atoms with Gasteiger partial charge in [0.15, 0.2) is 6.10 Å². The number of phosphoric acid groups is 1. The van der Waals surface area contributed by atoms with Crippen molar-refractivity contribution < 1.29 is 42.1 Å². The first kappa shape index (κ1) is 81.7. The number of likely N-dealkylation sites (N-methyl/N-ethyl adjacent to an activating group) is 1. The van der Waals surface area contributed by atoms with Crippen molar-refractivity contribution in [2.24, 2.45) is 0 Å². The molecule has 85 heavy (non-hydrogen) atoms. The Morgan fingerprint density at radius 1 is 0.376 bits per heavy atom. The van der Waals surface area contributed by atoms with Crippen molar-refractivity contribution in [2.45, 2.75) is 309 Å². The maximum Gasteiger partial charge on any atom is 0.306 e. The van der Waals surface area contributed by atoms with E-state index in [1.807, 2.05) is 21.1 Å². The fourth-order valence-corrected chi connectivity index (χ4v) is 10.4. The molecular formula is C75H132NO8P. The van der Waals surface area contributed by atoms with Crippen LogP contribution in [-0.4, -0.2) is 70.0 Å². The lowest BCUT2D eigenvalue weighted by Gasteiger charge is -2.28. The number of esters is 2. The monoisotopic (exact) mass is 1210 g/mol. The standard InChI is InChI=1S/C75H132NO8P/c1-6-8-10-12-14-16-18-20-22-24-26-28-30-31-32-33-34-35-36-37-38-39-40-41-42-43-44-45-46-48-50-52-54-56-58-60-62-64-66-68-75(78)84-73(72-83-85(79,80)82-70-69-76(3,4)5)71-81-74(77)67-65-63-61-59-57-55-53-51-49-47-29-27-25-23-21-19-17-15-13-11-9-7-2/h8,10,14,16,20,22,26,28,31-32,34-35,37-38,40-41,43-44,73H,6-7,9,11-13,15,17-19,21,23-25,27,29-30,33,36,39,42,45-72H2,1-5H3/b10-8-,16-14-,22-20-,28-26-,32-31-,35-34-,38-37-,41-40-,44-43-. The Morgan fingerprint density at radius 3 is 1.00 bits per heavy atom. The summed E-state index contributed by atoms with van der Waals surface area (Å²) in [4.78, 5) is 38.0. The first-order valence-electron chi connectivity index (χ1n) is 35.1. The fourth-order valence-electron chi connectivity index (χ4n) is 9.71. The summed E-state index contributed by atoms with van der Waals surface area (Å²) in [6.07, 6.45) is 91.6. The molecule has 490 valence electrons. The third-order valence-corrected chi connectivity index (χ3v) is 16.0. The van der Waals surface area contributed by atoms with Crippen LogP contribution in [0.5, 0.6) is 0 Å². The molecule has 0 aliphatic heterocycles. The molecule has 0 aromatic rings. The van der Waals surface area contributed by atoms with Crippen LogP contribution in [-0.2, 0) is 32.7 Å². The third kappa shape index (κ3) is 69.6. The summed E-state index contributed by atoms with van der Waals surface area (Å²) in [5, 5.41) is 0. The van der Waals surface area contributed by atoms with Gasteiger partial charge in [0.05, 0.1) is 27.7 Å². The van der Waals surface area contributed by atoms with Crippen molar-refractivity contribution in [1.29, 1.82) is 0 Å². The molecule has 2 atom stereocenters. The number of hydrogen-bond donors (Lipinski definition) is 0. The van der Waals surface area contributed by atoms with Gasteiger partial charge in [-0.3, -0.25) is 14.2 Å². The SMILES string of the molecule is CC/C=C\C/C=C\C/C=C\C/C=C\C/C=C\C/C=C\C/C=C\C/C=C\C/C=C\CCCCCCCCCCCCCC(=O)OC(COC(=O)CCCCCCCCCCCCCCCCCCCCCCCC)COP(=O)([O-])OCC[N+](C)(C)C. The van der Waals surface area contributed by atoms with Gasteiger partial charge < -0.3 is 27.9 Å². The van der Waals surface area contributed by atoms with Gasteiger partial charge in [0.2, 0.25) is 0 Å². The Hall–Kier alpha value is -3.33. The molecule has 0 aliphatic rings. The molecule has 0 bridgehead atoms. The van der Waals surface area contributed by atoms with Crippen LogP contribution in [0.4, 0.5) is 0 Å². The molecule has 10 heteroatoms. The molecule has 9 nitrogen and oxygen atoms in total. The van der Waals surface area contributed by atoms with Gasteiger partial charge in [-0.25, -0.2) is 0 Å². The summed E-state index contributed by atoms with van der Waals surface area (Å²) in [7, 11) is 1.17. The molecule has 2 unspecified atom stereocenters. The van der Waals surface area contributed by atoms with E-state index in [4.69, 9.17) is 18.5 Å². The minimum Gasteiger partial charge on any atom is -0.756 e. The number of quaternary nitrogens is 1. The highest BCUT2D eigenvalue weighted by Gasteiger charge is 2.22. The molecule has 0 aromatic carbocycles. The number of nitrogens with zero attached hydrogens (tertiary/aromatic N) is 1. The Balaban J connectivity index is 4.06. The summed E-state index contributed by atoms with van der Waals surface area (Å²) in [5.41, 5.74) is 0.